The van der Waals surface area contributed by atoms with Gasteiger partial charge in [-0.15, -0.1) is 0 Å². The highest BCUT2D eigenvalue weighted by molar-refractivity contribution is 6.31. The molecular weight excluding hydrogens is 272 g/mol. The highest BCUT2D eigenvalue weighted by atomic mass is 35.5. The lowest BCUT2D eigenvalue weighted by Gasteiger charge is -2.15. The van der Waals surface area contributed by atoms with Crippen molar-refractivity contribution in [3.05, 3.63) is 22.8 Å². The van der Waals surface area contributed by atoms with Gasteiger partial charge in [0.15, 0.2) is 0 Å². The molecule has 20 heavy (non-hydrogen) atoms. The Bertz CT molecular complexity index is 385. The molecule has 0 aliphatic heterocycles. The first-order valence-corrected chi connectivity index (χ1v) is 8.06. The minimum absolute atomic E-state index is 0.557. The topological polar surface area (TPSA) is 34.1 Å². The van der Waals surface area contributed by atoms with Gasteiger partial charge in [-0.05, 0) is 30.5 Å². The molecule has 4 heteroatoms. The molecule has 114 valence electrons. The maximum atomic E-state index is 6.22. The molecule has 1 aromatic rings. The minimum Gasteiger partial charge on any atom is -0.476 e. The molecule has 1 heterocycles. The van der Waals surface area contributed by atoms with E-state index in [2.05, 4.69) is 31.1 Å². The molecule has 1 rings (SSSR count). The van der Waals surface area contributed by atoms with Crippen molar-refractivity contribution in [2.75, 3.05) is 13.2 Å². The zero-order chi connectivity index (χ0) is 14.8. The molecule has 0 aliphatic rings. The van der Waals surface area contributed by atoms with Crippen molar-refractivity contribution < 1.29 is 4.74 Å². The Morgan fingerprint density at radius 2 is 2.15 bits per heavy atom. The molecule has 0 spiro atoms. The standard InChI is InChI=1S/C16H27ClN2O/c1-4-7-8-13(5-2)12-20-16-15(17)9-14(11-19-16)10-18-6-3/h9,11,13,18H,4-8,10,12H2,1-3H3. The molecule has 1 aromatic heterocycles. The summed E-state index contributed by atoms with van der Waals surface area (Å²) < 4.78 is 5.78. The second kappa shape index (κ2) is 10.0. The van der Waals surface area contributed by atoms with Crippen LogP contribution in [0.2, 0.25) is 5.02 Å². The van der Waals surface area contributed by atoms with Gasteiger partial charge in [0, 0.05) is 12.7 Å². The van der Waals surface area contributed by atoms with Crippen LogP contribution in [0.15, 0.2) is 12.3 Å². The van der Waals surface area contributed by atoms with Crippen LogP contribution in [-0.2, 0) is 6.54 Å². The third kappa shape index (κ3) is 6.10. The van der Waals surface area contributed by atoms with Gasteiger partial charge < -0.3 is 10.1 Å². The minimum atomic E-state index is 0.557. The van der Waals surface area contributed by atoms with Gasteiger partial charge >= 0.3 is 0 Å². The number of unbranched alkanes of at least 4 members (excludes halogenated alkanes) is 1. The second-order valence-corrected chi connectivity index (χ2v) is 5.55. The molecule has 1 unspecified atom stereocenters. The fourth-order valence-corrected chi connectivity index (χ4v) is 2.28. The number of hydrogen-bond donors (Lipinski definition) is 1. The summed E-state index contributed by atoms with van der Waals surface area (Å²) in [7, 11) is 0. The van der Waals surface area contributed by atoms with Crippen molar-refractivity contribution in [2.24, 2.45) is 5.92 Å². The number of ether oxygens (including phenoxy) is 1. The highest BCUT2D eigenvalue weighted by Crippen LogP contribution is 2.24. The van der Waals surface area contributed by atoms with Crippen LogP contribution in [-0.4, -0.2) is 18.1 Å². The Labute approximate surface area is 128 Å². The lowest BCUT2D eigenvalue weighted by molar-refractivity contribution is 0.226. The summed E-state index contributed by atoms with van der Waals surface area (Å²) in [4.78, 5) is 4.32. The summed E-state index contributed by atoms with van der Waals surface area (Å²) in [5.74, 6) is 1.15. The quantitative estimate of drug-likeness (QED) is 0.693. The summed E-state index contributed by atoms with van der Waals surface area (Å²) in [5, 5.41) is 3.86. The van der Waals surface area contributed by atoms with Gasteiger partial charge in [-0.2, -0.15) is 0 Å². The van der Waals surface area contributed by atoms with Crippen LogP contribution >= 0.6 is 11.6 Å². The van der Waals surface area contributed by atoms with E-state index in [1.807, 2.05) is 12.3 Å². The third-order valence-corrected chi connectivity index (χ3v) is 3.71. The summed E-state index contributed by atoms with van der Waals surface area (Å²) in [5.41, 5.74) is 1.09. The van der Waals surface area contributed by atoms with E-state index < -0.39 is 0 Å². The normalized spacial score (nSPS) is 12.4. The van der Waals surface area contributed by atoms with E-state index in [1.54, 1.807) is 0 Å². The first-order valence-electron chi connectivity index (χ1n) is 7.69. The number of pyridine rings is 1. The molecule has 0 amide bonds. The predicted molar refractivity (Wildman–Crippen MR) is 85.4 cm³/mol. The fraction of sp³-hybridized carbons (Fsp3) is 0.688. The van der Waals surface area contributed by atoms with E-state index in [-0.39, 0.29) is 0 Å². The summed E-state index contributed by atoms with van der Waals surface area (Å²) >= 11 is 6.22. The molecule has 1 atom stereocenters. The lowest BCUT2D eigenvalue weighted by atomic mass is 10.0. The first-order chi connectivity index (χ1) is 9.71. The van der Waals surface area contributed by atoms with Crippen molar-refractivity contribution in [1.82, 2.24) is 10.3 Å². The van der Waals surface area contributed by atoms with E-state index >= 15 is 0 Å². The van der Waals surface area contributed by atoms with E-state index in [1.165, 1.54) is 19.3 Å². The Kier molecular flexibility index (Phi) is 8.63. The second-order valence-electron chi connectivity index (χ2n) is 5.14. The van der Waals surface area contributed by atoms with Crippen LogP contribution in [0.25, 0.3) is 0 Å². The first kappa shape index (κ1) is 17.3. The number of nitrogens with one attached hydrogen (secondary N) is 1. The van der Waals surface area contributed by atoms with Crippen molar-refractivity contribution in [1.29, 1.82) is 0 Å². The van der Waals surface area contributed by atoms with Crippen molar-refractivity contribution in [3.63, 3.8) is 0 Å². The van der Waals surface area contributed by atoms with Gasteiger partial charge in [-0.25, -0.2) is 4.98 Å². The maximum Gasteiger partial charge on any atom is 0.232 e. The molecular formula is C16H27ClN2O. The Hall–Kier alpha value is -0.800. The molecule has 3 nitrogen and oxygen atoms in total. The van der Waals surface area contributed by atoms with Crippen LogP contribution in [0.3, 0.4) is 0 Å². The predicted octanol–water partition coefficient (Wildman–Crippen LogP) is 4.44. The maximum absolute atomic E-state index is 6.22. The molecule has 0 aromatic carbocycles. The van der Waals surface area contributed by atoms with Crippen LogP contribution in [0.1, 0.15) is 52.0 Å². The summed E-state index contributed by atoms with van der Waals surface area (Å²) in [6.45, 7) is 8.93. The number of hydrogen-bond acceptors (Lipinski definition) is 3. The zero-order valence-electron chi connectivity index (χ0n) is 12.9. The molecule has 0 saturated carbocycles. The lowest BCUT2D eigenvalue weighted by Crippen LogP contribution is -2.13. The average molecular weight is 299 g/mol. The number of aromatic nitrogens is 1. The zero-order valence-corrected chi connectivity index (χ0v) is 13.7. The van der Waals surface area contributed by atoms with Crippen molar-refractivity contribution >= 4 is 11.6 Å². The van der Waals surface area contributed by atoms with Gasteiger partial charge in [0.05, 0.1) is 6.61 Å². The van der Waals surface area contributed by atoms with E-state index in [4.69, 9.17) is 16.3 Å². The largest absolute Gasteiger partial charge is 0.476 e. The van der Waals surface area contributed by atoms with Crippen molar-refractivity contribution in [2.45, 2.75) is 53.0 Å². The monoisotopic (exact) mass is 298 g/mol. The molecule has 0 saturated heterocycles. The SMILES string of the molecule is CCCCC(CC)COc1ncc(CNCC)cc1Cl. The van der Waals surface area contributed by atoms with Crippen molar-refractivity contribution in [3.8, 4) is 5.88 Å². The number of nitrogens with zero attached hydrogens (tertiary/aromatic N) is 1. The van der Waals surface area contributed by atoms with E-state index in [0.717, 1.165) is 25.1 Å². The number of halogens is 1. The van der Waals surface area contributed by atoms with E-state index in [0.29, 0.717) is 23.4 Å². The Morgan fingerprint density at radius 3 is 2.75 bits per heavy atom. The number of rotatable bonds is 10. The van der Waals surface area contributed by atoms with Crippen LogP contribution in [0, 0.1) is 5.92 Å². The highest BCUT2D eigenvalue weighted by Gasteiger charge is 2.10. The summed E-state index contributed by atoms with van der Waals surface area (Å²) in [6.07, 6.45) is 6.66. The Balaban J connectivity index is 2.50. The molecule has 0 radical (unpaired) electrons. The van der Waals surface area contributed by atoms with Gasteiger partial charge in [-0.1, -0.05) is 51.6 Å². The van der Waals surface area contributed by atoms with E-state index in [9.17, 15) is 0 Å². The van der Waals surface area contributed by atoms with Crippen LogP contribution in [0.4, 0.5) is 0 Å². The smallest absolute Gasteiger partial charge is 0.232 e. The molecule has 0 aliphatic carbocycles. The Morgan fingerprint density at radius 1 is 1.35 bits per heavy atom. The average Bonchev–Trinajstić information content (AvgIpc) is 2.46. The van der Waals surface area contributed by atoms with Crippen LogP contribution in [0.5, 0.6) is 5.88 Å². The van der Waals surface area contributed by atoms with Gasteiger partial charge in [0.2, 0.25) is 5.88 Å². The fourth-order valence-electron chi connectivity index (χ4n) is 2.03. The van der Waals surface area contributed by atoms with Gasteiger partial charge in [0.25, 0.3) is 0 Å². The van der Waals surface area contributed by atoms with Gasteiger partial charge in [0.1, 0.15) is 5.02 Å². The third-order valence-electron chi connectivity index (χ3n) is 3.44. The molecule has 0 bridgehead atoms. The molecule has 1 N–H and O–H groups in total. The molecule has 0 fully saturated rings. The summed E-state index contributed by atoms with van der Waals surface area (Å²) in [6, 6.07) is 1.93. The van der Waals surface area contributed by atoms with Gasteiger partial charge in [-0.3, -0.25) is 0 Å². The van der Waals surface area contributed by atoms with Crippen LogP contribution < -0.4 is 10.1 Å².